The maximum Gasteiger partial charge on any atom is 0.355 e. The summed E-state index contributed by atoms with van der Waals surface area (Å²) < 4.78 is 46.7. The number of sulfonamides is 1. The number of alkyl halides is 2. The molecule has 0 saturated carbocycles. The quantitative estimate of drug-likeness (QED) is 0.760. The molecule has 78 valence electrons. The molecule has 0 aliphatic carbocycles. The van der Waals surface area contributed by atoms with Crippen molar-refractivity contribution >= 4 is 15.7 Å². The van der Waals surface area contributed by atoms with Crippen LogP contribution in [-0.2, 0) is 10.0 Å². The van der Waals surface area contributed by atoms with Gasteiger partial charge < -0.3 is 5.11 Å². The number of hydrogen-bond acceptors (Lipinski definition) is 3. The number of phenols is 1. The molecule has 14 heavy (non-hydrogen) atoms. The van der Waals surface area contributed by atoms with Gasteiger partial charge in [-0.05, 0) is 24.3 Å². The van der Waals surface area contributed by atoms with Crippen molar-refractivity contribution < 1.29 is 22.3 Å². The van der Waals surface area contributed by atoms with Crippen molar-refractivity contribution in [3.8, 4) is 5.75 Å². The molecule has 0 spiro atoms. The highest BCUT2D eigenvalue weighted by molar-refractivity contribution is 7.93. The van der Waals surface area contributed by atoms with Gasteiger partial charge in [0.05, 0.1) is 0 Å². The molecule has 0 saturated heterocycles. The molecule has 1 rings (SSSR count). The number of nitrogens with one attached hydrogen (secondary N) is 1. The molecule has 0 bridgehead atoms. The molecule has 0 unspecified atom stereocenters. The number of rotatable bonds is 3. The Morgan fingerprint density at radius 2 is 1.71 bits per heavy atom. The van der Waals surface area contributed by atoms with Crippen LogP contribution in [-0.4, -0.2) is 19.3 Å². The summed E-state index contributed by atoms with van der Waals surface area (Å²) in [7, 11) is -4.63. The molecule has 0 aromatic heterocycles. The molecule has 4 nitrogen and oxygen atoms in total. The van der Waals surface area contributed by atoms with Crippen LogP contribution in [0.1, 0.15) is 0 Å². The summed E-state index contributed by atoms with van der Waals surface area (Å²) in [5, 5.41) is 8.84. The maximum atomic E-state index is 11.9. The first kappa shape index (κ1) is 10.7. The molecular formula is C7H7F2NO3S. The topological polar surface area (TPSA) is 66.4 Å². The van der Waals surface area contributed by atoms with E-state index in [-0.39, 0.29) is 11.4 Å². The lowest BCUT2D eigenvalue weighted by Crippen LogP contribution is -2.20. The Balaban J connectivity index is 2.85. The molecule has 7 heteroatoms. The monoisotopic (exact) mass is 223 g/mol. The summed E-state index contributed by atoms with van der Waals surface area (Å²) in [5.74, 6) is -3.55. The third kappa shape index (κ3) is 2.56. The zero-order valence-electron chi connectivity index (χ0n) is 6.81. The fourth-order valence-electron chi connectivity index (χ4n) is 0.738. The molecule has 0 aliphatic heterocycles. The lowest BCUT2D eigenvalue weighted by Gasteiger charge is -2.06. The number of aromatic hydroxyl groups is 1. The molecule has 0 heterocycles. The molecule has 0 atom stereocenters. The van der Waals surface area contributed by atoms with Crippen LogP contribution in [0.5, 0.6) is 5.75 Å². The van der Waals surface area contributed by atoms with Crippen molar-refractivity contribution in [2.45, 2.75) is 5.76 Å². The maximum absolute atomic E-state index is 11.9. The van der Waals surface area contributed by atoms with Gasteiger partial charge in [0, 0.05) is 5.69 Å². The SMILES string of the molecule is O=S(=O)(Nc1ccc(O)cc1)C(F)F. The van der Waals surface area contributed by atoms with E-state index in [0.717, 1.165) is 0 Å². The normalized spacial score (nSPS) is 11.6. The number of benzene rings is 1. The van der Waals surface area contributed by atoms with Gasteiger partial charge in [-0.25, -0.2) is 8.42 Å². The Morgan fingerprint density at radius 1 is 1.21 bits per heavy atom. The lowest BCUT2D eigenvalue weighted by molar-refractivity contribution is 0.236. The fourth-order valence-corrected chi connectivity index (χ4v) is 1.29. The van der Waals surface area contributed by atoms with Crippen LogP contribution in [0.2, 0.25) is 0 Å². The van der Waals surface area contributed by atoms with E-state index >= 15 is 0 Å². The summed E-state index contributed by atoms with van der Waals surface area (Å²) in [5.41, 5.74) is -0.0249. The smallest absolute Gasteiger partial charge is 0.355 e. The van der Waals surface area contributed by atoms with Crippen molar-refractivity contribution in [1.82, 2.24) is 0 Å². The molecular weight excluding hydrogens is 216 g/mol. The number of phenolic OH excluding ortho intramolecular Hbond substituents is 1. The Morgan fingerprint density at radius 3 is 2.14 bits per heavy atom. The van der Waals surface area contributed by atoms with Gasteiger partial charge >= 0.3 is 5.76 Å². The zero-order valence-corrected chi connectivity index (χ0v) is 7.63. The van der Waals surface area contributed by atoms with Gasteiger partial charge in [0.15, 0.2) is 0 Å². The van der Waals surface area contributed by atoms with Gasteiger partial charge in [-0.15, -0.1) is 0 Å². The number of anilines is 1. The highest BCUT2D eigenvalue weighted by Gasteiger charge is 2.23. The minimum atomic E-state index is -4.63. The highest BCUT2D eigenvalue weighted by Crippen LogP contribution is 2.16. The van der Waals surface area contributed by atoms with Crippen molar-refractivity contribution in [1.29, 1.82) is 0 Å². The standard InChI is InChI=1S/C7H7F2NO3S/c8-7(9)14(12,13)10-5-1-3-6(11)4-2-5/h1-4,7,10-11H. The van der Waals surface area contributed by atoms with Gasteiger partial charge in [0.1, 0.15) is 5.75 Å². The minimum Gasteiger partial charge on any atom is -0.508 e. The molecule has 0 aliphatic rings. The summed E-state index contributed by atoms with van der Waals surface area (Å²) in [6.45, 7) is 0. The summed E-state index contributed by atoms with van der Waals surface area (Å²) in [6, 6.07) is 4.72. The van der Waals surface area contributed by atoms with Crippen molar-refractivity contribution in [2.24, 2.45) is 0 Å². The Kier molecular flexibility index (Phi) is 2.90. The van der Waals surface area contributed by atoms with E-state index in [1.165, 1.54) is 24.3 Å². The van der Waals surface area contributed by atoms with Crippen molar-refractivity contribution in [3.63, 3.8) is 0 Å². The largest absolute Gasteiger partial charge is 0.508 e. The molecule has 0 fully saturated rings. The molecule has 1 aromatic rings. The predicted octanol–water partition coefficient (Wildman–Crippen LogP) is 1.36. The number of hydrogen-bond donors (Lipinski definition) is 2. The summed E-state index contributed by atoms with van der Waals surface area (Å²) >= 11 is 0. The first-order chi connectivity index (χ1) is 6.42. The van der Waals surface area contributed by atoms with Crippen molar-refractivity contribution in [2.75, 3.05) is 4.72 Å². The average Bonchev–Trinajstić information content (AvgIpc) is 2.08. The lowest BCUT2D eigenvalue weighted by atomic mass is 10.3. The van der Waals surface area contributed by atoms with E-state index < -0.39 is 15.8 Å². The minimum absolute atomic E-state index is 0.0249. The van der Waals surface area contributed by atoms with Crippen LogP contribution in [0, 0.1) is 0 Å². The second kappa shape index (κ2) is 3.79. The van der Waals surface area contributed by atoms with Crippen LogP contribution in [0.15, 0.2) is 24.3 Å². The molecule has 2 N–H and O–H groups in total. The van der Waals surface area contributed by atoms with Crippen LogP contribution >= 0.6 is 0 Å². The van der Waals surface area contributed by atoms with E-state index in [1.807, 2.05) is 0 Å². The van der Waals surface area contributed by atoms with E-state index in [0.29, 0.717) is 0 Å². The zero-order chi connectivity index (χ0) is 10.8. The van der Waals surface area contributed by atoms with E-state index in [4.69, 9.17) is 5.11 Å². The van der Waals surface area contributed by atoms with Crippen LogP contribution in [0.3, 0.4) is 0 Å². The third-order valence-corrected chi connectivity index (χ3v) is 2.35. The second-order valence-corrected chi connectivity index (χ2v) is 4.11. The highest BCUT2D eigenvalue weighted by atomic mass is 32.2. The Labute approximate surface area is 79.2 Å². The Hall–Kier alpha value is -1.37. The Bertz CT molecular complexity index is 401. The van der Waals surface area contributed by atoms with Gasteiger partial charge in [0.25, 0.3) is 10.0 Å². The van der Waals surface area contributed by atoms with Crippen LogP contribution in [0.4, 0.5) is 14.5 Å². The second-order valence-electron chi connectivity index (χ2n) is 2.45. The van der Waals surface area contributed by atoms with E-state index in [2.05, 4.69) is 0 Å². The molecule has 0 amide bonds. The van der Waals surface area contributed by atoms with Gasteiger partial charge in [-0.1, -0.05) is 0 Å². The van der Waals surface area contributed by atoms with Crippen molar-refractivity contribution in [3.05, 3.63) is 24.3 Å². The van der Waals surface area contributed by atoms with Crippen LogP contribution < -0.4 is 4.72 Å². The first-order valence-electron chi connectivity index (χ1n) is 3.50. The fraction of sp³-hybridized carbons (Fsp3) is 0.143. The predicted molar refractivity (Wildman–Crippen MR) is 46.7 cm³/mol. The van der Waals surface area contributed by atoms with Crippen LogP contribution in [0.25, 0.3) is 0 Å². The molecule has 0 radical (unpaired) electrons. The van der Waals surface area contributed by atoms with Gasteiger partial charge in [-0.2, -0.15) is 8.78 Å². The third-order valence-electron chi connectivity index (χ3n) is 1.36. The first-order valence-corrected chi connectivity index (χ1v) is 5.05. The van der Waals surface area contributed by atoms with Gasteiger partial charge in [-0.3, -0.25) is 4.72 Å². The summed E-state index contributed by atoms with van der Waals surface area (Å²) in [6.07, 6.45) is 0. The number of halogens is 2. The van der Waals surface area contributed by atoms with Gasteiger partial charge in [0.2, 0.25) is 0 Å². The average molecular weight is 223 g/mol. The molecule has 1 aromatic carbocycles. The summed E-state index contributed by atoms with van der Waals surface area (Å²) in [4.78, 5) is 0. The van der Waals surface area contributed by atoms with E-state index in [1.54, 1.807) is 4.72 Å². The van der Waals surface area contributed by atoms with E-state index in [9.17, 15) is 17.2 Å².